The lowest BCUT2D eigenvalue weighted by molar-refractivity contribution is -0.140. The number of aromatic nitrogens is 1. The van der Waals surface area contributed by atoms with Gasteiger partial charge in [0.25, 0.3) is 0 Å². The Kier molecular flexibility index (Phi) is 6.96. The number of anilines is 1. The van der Waals surface area contributed by atoms with E-state index >= 15 is 0 Å². The smallest absolute Gasteiger partial charge is 0.357 e. The lowest BCUT2D eigenvalue weighted by Crippen LogP contribution is -2.21. The van der Waals surface area contributed by atoms with Crippen LogP contribution in [0.2, 0.25) is 0 Å². The quantitative estimate of drug-likeness (QED) is 0.338. The van der Waals surface area contributed by atoms with Crippen molar-refractivity contribution in [2.45, 2.75) is 13.3 Å². The minimum Gasteiger partial charge on any atom is -0.469 e. The average molecular weight is 329 g/mol. The maximum atomic E-state index is 11.5. The lowest BCUT2D eigenvalue weighted by atomic mass is 10.3. The molecule has 1 heterocycles. The van der Waals surface area contributed by atoms with Crippen molar-refractivity contribution < 1.29 is 28.6 Å². The van der Waals surface area contributed by atoms with E-state index in [-0.39, 0.29) is 29.6 Å². The Hall–Kier alpha value is -2.49. The molecule has 0 aliphatic carbocycles. The molecule has 0 unspecified atom stereocenters. The Morgan fingerprint density at radius 1 is 1.32 bits per heavy atom. The van der Waals surface area contributed by atoms with Crippen LogP contribution in [0.1, 0.15) is 23.8 Å². The van der Waals surface area contributed by atoms with E-state index in [2.05, 4.69) is 25.0 Å². The van der Waals surface area contributed by atoms with Crippen molar-refractivity contribution in [1.29, 1.82) is 0 Å². The van der Waals surface area contributed by atoms with Crippen LogP contribution in [0.15, 0.2) is 10.5 Å². The molecule has 0 radical (unpaired) electrons. The summed E-state index contributed by atoms with van der Waals surface area (Å²) in [6, 6.07) is 0. The molecule has 0 fully saturated rings. The number of hydrogen-bond acceptors (Lipinski definition) is 10. The van der Waals surface area contributed by atoms with E-state index in [4.69, 9.17) is 4.74 Å². The maximum Gasteiger partial charge on any atom is 0.357 e. The summed E-state index contributed by atoms with van der Waals surface area (Å²) in [4.78, 5) is 38.1. The van der Waals surface area contributed by atoms with Gasteiger partial charge >= 0.3 is 17.9 Å². The fourth-order valence-corrected chi connectivity index (χ4v) is 1.84. The second-order valence-electron chi connectivity index (χ2n) is 3.67. The van der Waals surface area contributed by atoms with Crippen molar-refractivity contribution in [3.8, 4) is 0 Å². The molecule has 0 saturated carbocycles. The molecule has 0 saturated heterocycles. The first-order valence-corrected chi connectivity index (χ1v) is 7.00. The summed E-state index contributed by atoms with van der Waals surface area (Å²) in [7, 11) is 2.36. The van der Waals surface area contributed by atoms with Crippen LogP contribution in [0.5, 0.6) is 0 Å². The number of methoxy groups -OCH3 is 2. The Bertz CT molecular complexity index is 583. The highest BCUT2D eigenvalue weighted by atomic mass is 32.1. The first-order chi connectivity index (χ1) is 10.5. The Morgan fingerprint density at radius 3 is 2.64 bits per heavy atom. The molecule has 22 heavy (non-hydrogen) atoms. The fourth-order valence-electron chi connectivity index (χ4n) is 1.22. The molecule has 0 aliphatic rings. The fraction of sp³-hybridized carbons (Fsp3) is 0.417. The molecule has 1 N–H and O–H groups in total. The van der Waals surface area contributed by atoms with Gasteiger partial charge in [-0.3, -0.25) is 10.2 Å². The van der Waals surface area contributed by atoms with E-state index in [9.17, 15) is 14.4 Å². The molecular formula is C12H15N3O6S. The van der Waals surface area contributed by atoms with Gasteiger partial charge in [-0.15, -0.1) is 11.3 Å². The van der Waals surface area contributed by atoms with Gasteiger partial charge in [-0.1, -0.05) is 0 Å². The van der Waals surface area contributed by atoms with Gasteiger partial charge in [0.05, 0.1) is 27.2 Å². The predicted octanol–water partition coefficient (Wildman–Crippen LogP) is 0.824. The number of nitrogens with zero attached hydrogens (tertiary/aromatic N) is 2. The Labute approximate surface area is 130 Å². The van der Waals surface area contributed by atoms with Gasteiger partial charge in [0.15, 0.2) is 11.4 Å². The van der Waals surface area contributed by atoms with E-state index in [1.165, 1.54) is 12.5 Å². The lowest BCUT2D eigenvalue weighted by Gasteiger charge is -2.03. The number of ether oxygens (including phenoxy) is 3. The summed E-state index contributed by atoms with van der Waals surface area (Å²) in [5.41, 5.74) is 2.43. The van der Waals surface area contributed by atoms with Gasteiger partial charge in [-0.05, 0) is 6.92 Å². The highest BCUT2D eigenvalue weighted by Gasteiger charge is 2.18. The van der Waals surface area contributed by atoms with Crippen LogP contribution >= 0.6 is 11.3 Å². The summed E-state index contributed by atoms with van der Waals surface area (Å²) in [5, 5.41) is 5.50. The van der Waals surface area contributed by atoms with Crippen LogP contribution in [0.3, 0.4) is 0 Å². The number of hydrogen-bond donors (Lipinski definition) is 1. The monoisotopic (exact) mass is 329 g/mol. The highest BCUT2D eigenvalue weighted by molar-refractivity contribution is 7.13. The third-order valence-corrected chi connectivity index (χ3v) is 2.98. The summed E-state index contributed by atoms with van der Waals surface area (Å²) in [6.45, 7) is 1.92. The molecule has 120 valence electrons. The van der Waals surface area contributed by atoms with Gasteiger partial charge in [-0.25, -0.2) is 14.6 Å². The standard InChI is InChI=1S/C12H15N3O6S/c1-4-21-11(18)8-6-22-12(13-8)15-14-7(10(17)20-3)5-9(16)19-2/h6H,4-5H2,1-3H3,(H,13,15)/b14-7+. The summed E-state index contributed by atoms with van der Waals surface area (Å²) in [6.07, 6.45) is -0.355. The Morgan fingerprint density at radius 2 is 2.05 bits per heavy atom. The van der Waals surface area contributed by atoms with Gasteiger partial charge < -0.3 is 14.2 Å². The predicted molar refractivity (Wildman–Crippen MR) is 77.8 cm³/mol. The topological polar surface area (TPSA) is 116 Å². The van der Waals surface area contributed by atoms with Crippen LogP contribution in [0.4, 0.5) is 5.13 Å². The molecule has 0 spiro atoms. The third kappa shape index (κ3) is 5.13. The number of carbonyl (C=O) groups excluding carboxylic acids is 3. The summed E-state index contributed by atoms with van der Waals surface area (Å²) >= 11 is 1.09. The zero-order valence-electron chi connectivity index (χ0n) is 12.2. The molecule has 1 aromatic heterocycles. The van der Waals surface area contributed by atoms with Gasteiger partial charge in [0, 0.05) is 5.38 Å². The largest absolute Gasteiger partial charge is 0.469 e. The SMILES string of the molecule is CCOC(=O)c1csc(N/N=C(\CC(=O)OC)C(=O)OC)n1. The number of hydrazone groups is 1. The second-order valence-corrected chi connectivity index (χ2v) is 4.53. The van der Waals surface area contributed by atoms with Crippen molar-refractivity contribution in [1.82, 2.24) is 4.98 Å². The number of esters is 3. The molecule has 0 atom stereocenters. The van der Waals surface area contributed by atoms with Crippen LogP contribution in [-0.4, -0.2) is 49.4 Å². The zero-order chi connectivity index (χ0) is 16.5. The first-order valence-electron chi connectivity index (χ1n) is 6.12. The summed E-state index contributed by atoms with van der Waals surface area (Å²) in [5.74, 6) is -1.98. The molecule has 0 bridgehead atoms. The number of rotatable bonds is 7. The minimum atomic E-state index is -0.778. The highest BCUT2D eigenvalue weighted by Crippen LogP contribution is 2.16. The number of nitrogens with one attached hydrogen (secondary N) is 1. The van der Waals surface area contributed by atoms with E-state index in [1.54, 1.807) is 6.92 Å². The molecule has 0 aliphatic heterocycles. The van der Waals surface area contributed by atoms with Crippen LogP contribution in [-0.2, 0) is 23.8 Å². The van der Waals surface area contributed by atoms with Crippen LogP contribution < -0.4 is 5.43 Å². The van der Waals surface area contributed by atoms with E-state index in [0.717, 1.165) is 18.4 Å². The van der Waals surface area contributed by atoms with Crippen molar-refractivity contribution in [3.63, 3.8) is 0 Å². The van der Waals surface area contributed by atoms with Crippen molar-refractivity contribution in [2.75, 3.05) is 26.3 Å². The molecule has 0 aromatic carbocycles. The van der Waals surface area contributed by atoms with Crippen molar-refractivity contribution >= 4 is 40.1 Å². The maximum absolute atomic E-state index is 11.5. The average Bonchev–Trinajstić information content (AvgIpc) is 2.99. The van der Waals surface area contributed by atoms with E-state index in [0.29, 0.717) is 0 Å². The van der Waals surface area contributed by atoms with Gasteiger partial charge in [0.1, 0.15) is 0 Å². The molecule has 10 heteroatoms. The van der Waals surface area contributed by atoms with Gasteiger partial charge in [-0.2, -0.15) is 5.10 Å². The first kappa shape index (κ1) is 17.6. The normalized spacial score (nSPS) is 10.8. The van der Waals surface area contributed by atoms with Gasteiger partial charge in [0.2, 0.25) is 5.13 Å². The third-order valence-electron chi connectivity index (χ3n) is 2.24. The van der Waals surface area contributed by atoms with E-state index in [1.807, 2.05) is 0 Å². The molecule has 9 nitrogen and oxygen atoms in total. The van der Waals surface area contributed by atoms with Crippen molar-refractivity contribution in [2.24, 2.45) is 5.10 Å². The van der Waals surface area contributed by atoms with Crippen LogP contribution in [0.25, 0.3) is 0 Å². The number of carbonyl (C=O) groups is 3. The zero-order valence-corrected chi connectivity index (χ0v) is 13.1. The molecule has 1 rings (SSSR count). The minimum absolute atomic E-state index is 0.122. The van der Waals surface area contributed by atoms with Crippen LogP contribution in [0, 0.1) is 0 Å². The Balaban J connectivity index is 2.79. The van der Waals surface area contributed by atoms with Crippen molar-refractivity contribution in [3.05, 3.63) is 11.1 Å². The summed E-state index contributed by atoms with van der Waals surface area (Å²) < 4.78 is 13.8. The van der Waals surface area contributed by atoms with E-state index < -0.39 is 17.9 Å². The molecule has 0 amide bonds. The number of thiazole rings is 1. The second kappa shape index (κ2) is 8.72. The molecule has 1 aromatic rings. The molecular weight excluding hydrogens is 314 g/mol.